The maximum Gasteiger partial charge on any atom is 0.0995 e. The summed E-state index contributed by atoms with van der Waals surface area (Å²) in [5, 5.41) is 8.98. The van der Waals surface area contributed by atoms with Gasteiger partial charge < -0.3 is 0 Å². The molecule has 1 aromatic carbocycles. The molecule has 0 N–H and O–H groups in total. The van der Waals surface area contributed by atoms with E-state index >= 15 is 0 Å². The predicted octanol–water partition coefficient (Wildman–Crippen LogP) is 2.54. The molecule has 0 radical (unpaired) electrons. The second-order valence-electron chi connectivity index (χ2n) is 4.75. The van der Waals surface area contributed by atoms with E-state index in [2.05, 4.69) is 24.8 Å². The first kappa shape index (κ1) is 10.2. The fourth-order valence-corrected chi connectivity index (χ4v) is 1.98. The summed E-state index contributed by atoms with van der Waals surface area (Å²) in [6.45, 7) is 6.56. The van der Waals surface area contributed by atoms with Gasteiger partial charge in [0.05, 0.1) is 11.6 Å². The Bertz CT molecular complexity index is 401. The van der Waals surface area contributed by atoms with E-state index < -0.39 is 0 Å². The molecule has 0 spiro atoms. The summed E-state index contributed by atoms with van der Waals surface area (Å²) in [5.41, 5.74) is 2.26. The van der Waals surface area contributed by atoms with Crippen LogP contribution in [0.15, 0.2) is 24.3 Å². The first-order valence-electron chi connectivity index (χ1n) is 5.36. The van der Waals surface area contributed by atoms with Crippen molar-refractivity contribution >= 4 is 0 Å². The molecule has 1 aromatic rings. The van der Waals surface area contributed by atoms with E-state index in [0.717, 1.165) is 24.2 Å². The van der Waals surface area contributed by atoms with Crippen LogP contribution in [0.2, 0.25) is 0 Å². The molecule has 0 unspecified atom stereocenters. The molecule has 0 atom stereocenters. The summed E-state index contributed by atoms with van der Waals surface area (Å²) in [5.74, 6) is 0. The summed E-state index contributed by atoms with van der Waals surface area (Å²) >= 11 is 0. The molecular weight excluding hydrogens is 184 g/mol. The average Bonchev–Trinajstić information content (AvgIpc) is 2.25. The van der Waals surface area contributed by atoms with Crippen LogP contribution in [0.1, 0.15) is 31.4 Å². The number of hydrogen-bond acceptors (Lipinski definition) is 2. The normalized spacial score (nSPS) is 19.3. The molecule has 1 heterocycles. The molecule has 15 heavy (non-hydrogen) atoms. The van der Waals surface area contributed by atoms with Crippen LogP contribution in [-0.2, 0) is 6.54 Å². The Labute approximate surface area is 91.1 Å². The van der Waals surface area contributed by atoms with Crippen LogP contribution in [0.3, 0.4) is 0 Å². The topological polar surface area (TPSA) is 27.0 Å². The molecule has 2 nitrogen and oxygen atoms in total. The van der Waals surface area contributed by atoms with E-state index in [1.165, 1.54) is 6.42 Å². The number of hydrogen-bond donors (Lipinski definition) is 0. The van der Waals surface area contributed by atoms with Crippen LogP contribution in [0.25, 0.3) is 0 Å². The maximum absolute atomic E-state index is 8.98. The minimum atomic E-state index is 0.308. The van der Waals surface area contributed by atoms with Gasteiger partial charge in [0.15, 0.2) is 0 Å². The zero-order valence-corrected chi connectivity index (χ0v) is 9.33. The van der Waals surface area contributed by atoms with Crippen molar-refractivity contribution in [1.29, 1.82) is 5.26 Å². The highest BCUT2D eigenvalue weighted by Gasteiger charge is 2.35. The monoisotopic (exact) mass is 200 g/mol. The zero-order chi connectivity index (χ0) is 10.9. The highest BCUT2D eigenvalue weighted by atomic mass is 15.2. The van der Waals surface area contributed by atoms with Crippen LogP contribution in [0.4, 0.5) is 0 Å². The third-order valence-corrected chi connectivity index (χ3v) is 3.35. The van der Waals surface area contributed by atoms with Crippen LogP contribution in [0, 0.1) is 11.3 Å². The van der Waals surface area contributed by atoms with Crippen LogP contribution < -0.4 is 0 Å². The minimum absolute atomic E-state index is 0.308. The van der Waals surface area contributed by atoms with Crippen molar-refractivity contribution in [2.24, 2.45) is 0 Å². The quantitative estimate of drug-likeness (QED) is 0.733. The highest BCUT2D eigenvalue weighted by molar-refractivity contribution is 5.37. The lowest BCUT2D eigenvalue weighted by molar-refractivity contribution is 0.00788. The maximum atomic E-state index is 8.98. The smallest absolute Gasteiger partial charge is 0.0995 e. The summed E-state index contributed by atoms with van der Waals surface area (Å²) < 4.78 is 0. The van der Waals surface area contributed by atoms with Crippen molar-refractivity contribution in [2.75, 3.05) is 6.54 Å². The van der Waals surface area contributed by atoms with Gasteiger partial charge in [0.2, 0.25) is 0 Å². The summed E-state index contributed by atoms with van der Waals surface area (Å²) in [7, 11) is 0. The molecular formula is C13H16N2. The summed E-state index contributed by atoms with van der Waals surface area (Å²) in [4.78, 5) is 2.42. The first-order valence-corrected chi connectivity index (χ1v) is 5.36. The Kier molecular flexibility index (Phi) is 2.50. The van der Waals surface area contributed by atoms with Crippen LogP contribution in [0.5, 0.6) is 0 Å². The predicted molar refractivity (Wildman–Crippen MR) is 60.3 cm³/mol. The fourth-order valence-electron chi connectivity index (χ4n) is 1.98. The number of rotatable bonds is 2. The molecule has 1 aliphatic heterocycles. The third kappa shape index (κ3) is 1.88. The molecule has 0 saturated carbocycles. The van der Waals surface area contributed by atoms with E-state index in [0.29, 0.717) is 5.54 Å². The molecule has 78 valence electrons. The number of benzene rings is 1. The second-order valence-corrected chi connectivity index (χ2v) is 4.75. The summed E-state index contributed by atoms with van der Waals surface area (Å²) in [6.07, 6.45) is 1.25. The van der Waals surface area contributed by atoms with Gasteiger partial charge in [0.1, 0.15) is 0 Å². The molecule has 1 saturated heterocycles. The number of likely N-dealkylation sites (tertiary alicyclic amines) is 1. The van der Waals surface area contributed by atoms with Crippen LogP contribution in [-0.4, -0.2) is 17.0 Å². The van der Waals surface area contributed by atoms with E-state index in [4.69, 9.17) is 5.26 Å². The van der Waals surface area contributed by atoms with Crippen molar-refractivity contribution in [3.05, 3.63) is 35.4 Å². The lowest BCUT2D eigenvalue weighted by Gasteiger charge is -2.48. The molecule has 0 aliphatic carbocycles. The van der Waals surface area contributed by atoms with Gasteiger partial charge in [-0.1, -0.05) is 18.2 Å². The van der Waals surface area contributed by atoms with Gasteiger partial charge in [-0.2, -0.15) is 5.26 Å². The largest absolute Gasteiger partial charge is 0.294 e. The van der Waals surface area contributed by atoms with Gasteiger partial charge in [-0.3, -0.25) is 4.90 Å². The Morgan fingerprint density at radius 2 is 2.13 bits per heavy atom. The standard InChI is InChI=1S/C13H16N2/c1-13(2)7-8-15(13)10-12-6-4-3-5-11(12)9-14/h3-6H,7-8,10H2,1-2H3. The summed E-state index contributed by atoms with van der Waals surface area (Å²) in [6, 6.07) is 10.1. The van der Waals surface area contributed by atoms with Gasteiger partial charge >= 0.3 is 0 Å². The molecule has 2 rings (SSSR count). The van der Waals surface area contributed by atoms with E-state index in [1.807, 2.05) is 24.3 Å². The zero-order valence-electron chi connectivity index (χ0n) is 9.33. The van der Waals surface area contributed by atoms with E-state index in [-0.39, 0.29) is 0 Å². The van der Waals surface area contributed by atoms with Crippen molar-refractivity contribution in [1.82, 2.24) is 4.90 Å². The Morgan fingerprint density at radius 3 is 2.67 bits per heavy atom. The van der Waals surface area contributed by atoms with Gasteiger partial charge in [0, 0.05) is 18.6 Å². The lowest BCUT2D eigenvalue weighted by atomic mass is 9.88. The Morgan fingerprint density at radius 1 is 1.40 bits per heavy atom. The van der Waals surface area contributed by atoms with Crippen molar-refractivity contribution in [3.63, 3.8) is 0 Å². The van der Waals surface area contributed by atoms with Gasteiger partial charge in [0.25, 0.3) is 0 Å². The highest BCUT2D eigenvalue weighted by Crippen LogP contribution is 2.31. The third-order valence-electron chi connectivity index (χ3n) is 3.35. The molecule has 1 aliphatic rings. The second kappa shape index (κ2) is 3.67. The molecule has 2 heteroatoms. The van der Waals surface area contributed by atoms with Crippen molar-refractivity contribution in [3.8, 4) is 6.07 Å². The SMILES string of the molecule is CC1(C)CCN1Cc1ccccc1C#N. The average molecular weight is 200 g/mol. The van der Waals surface area contributed by atoms with Gasteiger partial charge in [-0.15, -0.1) is 0 Å². The van der Waals surface area contributed by atoms with Crippen molar-refractivity contribution < 1.29 is 0 Å². The molecule has 0 bridgehead atoms. The minimum Gasteiger partial charge on any atom is -0.294 e. The van der Waals surface area contributed by atoms with Crippen LogP contribution >= 0.6 is 0 Å². The Hall–Kier alpha value is -1.33. The lowest BCUT2D eigenvalue weighted by Crippen LogP contribution is -2.54. The van der Waals surface area contributed by atoms with Gasteiger partial charge in [-0.05, 0) is 31.9 Å². The number of nitriles is 1. The molecule has 1 fully saturated rings. The Balaban J connectivity index is 2.15. The fraction of sp³-hybridized carbons (Fsp3) is 0.462. The van der Waals surface area contributed by atoms with E-state index in [1.54, 1.807) is 0 Å². The molecule has 0 aromatic heterocycles. The number of nitrogens with zero attached hydrogens (tertiary/aromatic N) is 2. The van der Waals surface area contributed by atoms with E-state index in [9.17, 15) is 0 Å². The molecule has 0 amide bonds. The first-order chi connectivity index (χ1) is 7.13. The van der Waals surface area contributed by atoms with Gasteiger partial charge in [-0.25, -0.2) is 0 Å². The van der Waals surface area contributed by atoms with Crippen molar-refractivity contribution in [2.45, 2.75) is 32.4 Å².